The number of nitrogens with zero attached hydrogens (tertiary/aromatic N) is 2. The third-order valence-electron chi connectivity index (χ3n) is 2.45. The van der Waals surface area contributed by atoms with Crippen molar-refractivity contribution in [2.24, 2.45) is 11.1 Å². The average molecular weight is 150 g/mol. The highest BCUT2D eigenvalue weighted by atomic mass is 16.6. The largest absolute Gasteiger partial charge is 0.391 e. The molecule has 11 heavy (non-hydrogen) atoms. The summed E-state index contributed by atoms with van der Waals surface area (Å²) >= 11 is 0. The normalized spacial score (nSPS) is 35.0. The fourth-order valence-electron chi connectivity index (χ4n) is 1.83. The second-order valence-corrected chi connectivity index (χ2v) is 3.12. The van der Waals surface area contributed by atoms with Crippen molar-refractivity contribution in [3.63, 3.8) is 0 Å². The van der Waals surface area contributed by atoms with Crippen molar-refractivity contribution in [2.75, 3.05) is 0 Å². The Bertz CT molecular complexity index is 229. The van der Waals surface area contributed by atoms with Crippen LogP contribution in [0.25, 0.3) is 0 Å². The molecular formula is C8H10N2O. The molecule has 1 aliphatic carbocycles. The van der Waals surface area contributed by atoms with Gasteiger partial charge >= 0.3 is 0 Å². The molecule has 0 aromatic rings. The van der Waals surface area contributed by atoms with Crippen molar-refractivity contribution < 1.29 is 4.84 Å². The van der Waals surface area contributed by atoms with E-state index < -0.39 is 0 Å². The maximum atomic E-state index is 8.64. The smallest absolute Gasteiger partial charge is 0.163 e. The van der Waals surface area contributed by atoms with Gasteiger partial charge in [0.25, 0.3) is 0 Å². The molecule has 58 valence electrons. The Labute approximate surface area is 65.6 Å². The Morgan fingerprint density at radius 3 is 3.09 bits per heavy atom. The van der Waals surface area contributed by atoms with Gasteiger partial charge in [-0.1, -0.05) is 11.6 Å². The lowest BCUT2D eigenvalue weighted by atomic mass is 9.84. The van der Waals surface area contributed by atoms with Gasteiger partial charge in [0.2, 0.25) is 0 Å². The van der Waals surface area contributed by atoms with Gasteiger partial charge in [0, 0.05) is 0 Å². The number of nitriles is 1. The number of hydrogen-bond acceptors (Lipinski definition) is 3. The summed E-state index contributed by atoms with van der Waals surface area (Å²) in [6, 6.07) is 2.09. The molecule has 0 saturated heterocycles. The van der Waals surface area contributed by atoms with Crippen LogP contribution in [0, 0.1) is 17.2 Å². The van der Waals surface area contributed by atoms with E-state index in [1.54, 1.807) is 0 Å². The van der Waals surface area contributed by atoms with E-state index in [1.165, 1.54) is 12.8 Å². The highest BCUT2D eigenvalue weighted by Gasteiger charge is 2.35. The zero-order valence-corrected chi connectivity index (χ0v) is 6.29. The first-order valence-corrected chi connectivity index (χ1v) is 4.05. The number of oxime groups is 1. The molecule has 1 fully saturated rings. The summed E-state index contributed by atoms with van der Waals surface area (Å²) in [4.78, 5) is 5.13. The van der Waals surface area contributed by atoms with Gasteiger partial charge < -0.3 is 4.84 Å². The standard InChI is InChI=1S/C8H10N2O/c9-5-7-6-3-1-2-4-8(6)11-10-7/h6,8H,1-4H2. The fraction of sp³-hybridized carbons (Fsp3) is 0.750. The molecule has 2 aliphatic rings. The summed E-state index contributed by atoms with van der Waals surface area (Å²) in [7, 11) is 0. The molecule has 1 saturated carbocycles. The molecule has 3 heteroatoms. The van der Waals surface area contributed by atoms with Crippen LogP contribution in [0.2, 0.25) is 0 Å². The Kier molecular flexibility index (Phi) is 1.54. The van der Waals surface area contributed by atoms with Gasteiger partial charge in [-0.2, -0.15) is 5.26 Å². The minimum Gasteiger partial charge on any atom is -0.391 e. The van der Waals surface area contributed by atoms with E-state index >= 15 is 0 Å². The quantitative estimate of drug-likeness (QED) is 0.524. The van der Waals surface area contributed by atoms with Gasteiger partial charge in [0.15, 0.2) is 5.71 Å². The van der Waals surface area contributed by atoms with Gasteiger partial charge in [-0.25, -0.2) is 0 Å². The highest BCUT2D eigenvalue weighted by Crippen LogP contribution is 2.31. The van der Waals surface area contributed by atoms with E-state index in [1.807, 2.05) is 0 Å². The van der Waals surface area contributed by atoms with Crippen LogP contribution >= 0.6 is 0 Å². The van der Waals surface area contributed by atoms with Gasteiger partial charge in [0.05, 0.1) is 5.92 Å². The monoisotopic (exact) mass is 150 g/mol. The predicted molar refractivity (Wildman–Crippen MR) is 39.9 cm³/mol. The first kappa shape index (κ1) is 6.66. The molecule has 1 aliphatic heterocycles. The lowest BCUT2D eigenvalue weighted by molar-refractivity contribution is 0.0397. The van der Waals surface area contributed by atoms with Gasteiger partial charge in [-0.05, 0) is 19.3 Å². The molecule has 0 aromatic heterocycles. The van der Waals surface area contributed by atoms with E-state index in [9.17, 15) is 0 Å². The molecule has 2 rings (SSSR count). The molecule has 2 unspecified atom stereocenters. The molecular weight excluding hydrogens is 140 g/mol. The van der Waals surface area contributed by atoms with E-state index in [4.69, 9.17) is 10.1 Å². The molecule has 0 aromatic carbocycles. The number of rotatable bonds is 0. The van der Waals surface area contributed by atoms with Crippen molar-refractivity contribution in [2.45, 2.75) is 31.8 Å². The van der Waals surface area contributed by atoms with Crippen LogP contribution in [0.1, 0.15) is 25.7 Å². The SMILES string of the molecule is N#CC1=NOC2CCCCC12. The summed E-state index contributed by atoms with van der Waals surface area (Å²) in [6.07, 6.45) is 4.80. The van der Waals surface area contributed by atoms with Crippen molar-refractivity contribution in [1.29, 1.82) is 5.26 Å². The van der Waals surface area contributed by atoms with E-state index in [0.29, 0.717) is 11.6 Å². The Morgan fingerprint density at radius 2 is 2.27 bits per heavy atom. The lowest BCUT2D eigenvalue weighted by Gasteiger charge is -2.21. The van der Waals surface area contributed by atoms with Crippen LogP contribution in [0.4, 0.5) is 0 Å². The minimum atomic E-state index is 0.221. The molecule has 3 nitrogen and oxygen atoms in total. The lowest BCUT2D eigenvalue weighted by Crippen LogP contribution is -2.26. The average Bonchev–Trinajstić information content (AvgIpc) is 2.47. The van der Waals surface area contributed by atoms with Crippen LogP contribution in [0.15, 0.2) is 5.16 Å². The van der Waals surface area contributed by atoms with Gasteiger partial charge in [-0.15, -0.1) is 0 Å². The predicted octanol–water partition coefficient (Wildman–Crippen LogP) is 1.45. The Hall–Kier alpha value is -1.04. The highest BCUT2D eigenvalue weighted by molar-refractivity contribution is 6.01. The summed E-state index contributed by atoms with van der Waals surface area (Å²) < 4.78 is 0. The van der Waals surface area contributed by atoms with Crippen molar-refractivity contribution in [3.05, 3.63) is 0 Å². The van der Waals surface area contributed by atoms with Crippen LogP contribution in [0.3, 0.4) is 0 Å². The van der Waals surface area contributed by atoms with Crippen molar-refractivity contribution >= 4 is 5.71 Å². The Morgan fingerprint density at radius 1 is 1.45 bits per heavy atom. The molecule has 0 bridgehead atoms. The van der Waals surface area contributed by atoms with Crippen LogP contribution in [-0.4, -0.2) is 11.8 Å². The zero-order chi connectivity index (χ0) is 7.68. The van der Waals surface area contributed by atoms with Crippen molar-refractivity contribution in [3.8, 4) is 6.07 Å². The minimum absolute atomic E-state index is 0.221. The topological polar surface area (TPSA) is 45.4 Å². The third-order valence-corrected chi connectivity index (χ3v) is 2.45. The zero-order valence-electron chi connectivity index (χ0n) is 6.29. The second kappa shape index (κ2) is 2.54. The molecule has 2 atom stereocenters. The fourth-order valence-corrected chi connectivity index (χ4v) is 1.83. The second-order valence-electron chi connectivity index (χ2n) is 3.12. The molecule has 0 radical (unpaired) electrons. The summed E-state index contributed by atoms with van der Waals surface area (Å²) in [5, 5.41) is 12.4. The summed E-state index contributed by atoms with van der Waals surface area (Å²) in [5.41, 5.74) is 0.606. The summed E-state index contributed by atoms with van der Waals surface area (Å²) in [5.74, 6) is 0.314. The van der Waals surface area contributed by atoms with Gasteiger partial charge in [-0.3, -0.25) is 0 Å². The third kappa shape index (κ3) is 0.988. The van der Waals surface area contributed by atoms with E-state index in [-0.39, 0.29) is 6.10 Å². The maximum Gasteiger partial charge on any atom is 0.163 e. The molecule has 1 heterocycles. The first-order chi connectivity index (χ1) is 5.42. The van der Waals surface area contributed by atoms with Crippen LogP contribution in [-0.2, 0) is 4.84 Å². The Balaban J connectivity index is 2.13. The van der Waals surface area contributed by atoms with E-state index in [0.717, 1.165) is 12.8 Å². The first-order valence-electron chi connectivity index (χ1n) is 4.05. The molecule has 0 amide bonds. The van der Waals surface area contributed by atoms with Crippen LogP contribution in [0.5, 0.6) is 0 Å². The molecule has 0 N–H and O–H groups in total. The van der Waals surface area contributed by atoms with Crippen LogP contribution < -0.4 is 0 Å². The number of fused-ring (bicyclic) bond motifs is 1. The summed E-state index contributed by atoms with van der Waals surface area (Å²) in [6.45, 7) is 0. The molecule has 0 spiro atoms. The van der Waals surface area contributed by atoms with E-state index in [2.05, 4.69) is 11.2 Å². The maximum absolute atomic E-state index is 8.64. The van der Waals surface area contributed by atoms with Crippen molar-refractivity contribution in [1.82, 2.24) is 0 Å². The van der Waals surface area contributed by atoms with Gasteiger partial charge in [0.1, 0.15) is 12.2 Å². The number of hydrogen-bond donors (Lipinski definition) is 0.